The van der Waals surface area contributed by atoms with E-state index in [1.807, 2.05) is 12.2 Å². The minimum Gasteiger partial charge on any atom is -0.463 e. The number of rotatable bonds is 30. The summed E-state index contributed by atoms with van der Waals surface area (Å²) in [7, 11) is 0. The van der Waals surface area contributed by atoms with Gasteiger partial charge in [-0.2, -0.15) is 0 Å². The summed E-state index contributed by atoms with van der Waals surface area (Å²) < 4.78 is 15.9. The Labute approximate surface area is 291 Å². The minimum absolute atomic E-state index is 0.137. The third-order valence-electron chi connectivity index (χ3n) is 8.98. The second-order valence-corrected chi connectivity index (χ2v) is 13.6. The van der Waals surface area contributed by atoms with E-state index in [2.05, 4.69) is 13.8 Å². The summed E-state index contributed by atoms with van der Waals surface area (Å²) in [4.78, 5) is 24.1. The topological polar surface area (TPSA) is 143 Å². The number of allylic oxidation sites excluding steroid dienone is 2. The number of aliphatic hydroxyl groups excluding tert-OH is 4. The summed E-state index contributed by atoms with van der Waals surface area (Å²) in [6.07, 6.45) is 25.7. The van der Waals surface area contributed by atoms with Crippen molar-refractivity contribution in [3.63, 3.8) is 0 Å². The van der Waals surface area contributed by atoms with Crippen LogP contribution in [0.2, 0.25) is 0 Å². The maximum Gasteiger partial charge on any atom is 0.305 e. The highest BCUT2D eigenvalue weighted by Gasteiger charge is 2.35. The minimum atomic E-state index is -1.05. The maximum atomic E-state index is 12.1. The van der Waals surface area contributed by atoms with Gasteiger partial charge in [0.2, 0.25) is 0 Å². The number of aliphatic hydroxyl groups is 4. The molecule has 1 fully saturated rings. The lowest BCUT2D eigenvalue weighted by Crippen LogP contribution is -2.43. The fourth-order valence-corrected chi connectivity index (χ4v) is 5.95. The van der Waals surface area contributed by atoms with Gasteiger partial charge in [-0.25, -0.2) is 0 Å². The molecular formula is C39H70O9. The van der Waals surface area contributed by atoms with Crippen LogP contribution in [0.5, 0.6) is 0 Å². The van der Waals surface area contributed by atoms with E-state index in [4.69, 9.17) is 14.2 Å². The van der Waals surface area contributed by atoms with Crippen LogP contribution in [0.15, 0.2) is 24.3 Å². The average Bonchev–Trinajstić information content (AvgIpc) is 3.06. The SMILES string of the molecule is CCCCCCCCCCCCCCCC(=O)OC[C@@H](O)COC(=O)CCC/C=C\C[C@H]1[C@@H](O)CC(O)O[C@@H]1/C=C/[C@@H](O)CCCCC. The summed E-state index contributed by atoms with van der Waals surface area (Å²) in [5, 5.41) is 40.7. The Kier molecular flexibility index (Phi) is 27.7. The molecule has 1 unspecified atom stereocenters. The molecule has 1 heterocycles. The maximum absolute atomic E-state index is 12.1. The van der Waals surface area contributed by atoms with Crippen LogP contribution in [-0.2, 0) is 23.8 Å². The molecule has 0 aromatic carbocycles. The first kappa shape index (κ1) is 44.2. The Bertz CT molecular complexity index is 845. The largest absolute Gasteiger partial charge is 0.463 e. The lowest BCUT2D eigenvalue weighted by molar-refractivity contribution is -0.199. The smallest absolute Gasteiger partial charge is 0.305 e. The summed E-state index contributed by atoms with van der Waals surface area (Å²) in [5.41, 5.74) is 0. The molecule has 0 amide bonds. The first-order chi connectivity index (χ1) is 23.3. The van der Waals surface area contributed by atoms with Crippen molar-refractivity contribution in [2.45, 2.75) is 192 Å². The van der Waals surface area contributed by atoms with Crippen molar-refractivity contribution in [2.24, 2.45) is 5.92 Å². The monoisotopic (exact) mass is 683 g/mol. The van der Waals surface area contributed by atoms with Crippen LogP contribution in [0, 0.1) is 5.92 Å². The van der Waals surface area contributed by atoms with Crippen molar-refractivity contribution in [2.75, 3.05) is 13.2 Å². The van der Waals surface area contributed by atoms with Crippen molar-refractivity contribution >= 4 is 11.9 Å². The van der Waals surface area contributed by atoms with Crippen molar-refractivity contribution in [3.05, 3.63) is 24.3 Å². The van der Waals surface area contributed by atoms with Gasteiger partial charge in [0.25, 0.3) is 0 Å². The summed E-state index contributed by atoms with van der Waals surface area (Å²) in [6.45, 7) is 3.96. The summed E-state index contributed by atoms with van der Waals surface area (Å²) >= 11 is 0. The van der Waals surface area contributed by atoms with Gasteiger partial charge in [0, 0.05) is 25.2 Å². The van der Waals surface area contributed by atoms with Gasteiger partial charge in [-0.1, -0.05) is 134 Å². The molecule has 1 aliphatic heterocycles. The van der Waals surface area contributed by atoms with Crippen LogP contribution in [0.4, 0.5) is 0 Å². The Morgan fingerprint density at radius 2 is 1.25 bits per heavy atom. The number of unbranched alkanes of at least 4 members (excludes halogenated alkanes) is 15. The van der Waals surface area contributed by atoms with Crippen LogP contribution in [0.1, 0.15) is 162 Å². The molecule has 280 valence electrons. The van der Waals surface area contributed by atoms with Crippen molar-refractivity contribution in [1.82, 2.24) is 0 Å². The predicted octanol–water partition coefficient (Wildman–Crippen LogP) is 7.61. The van der Waals surface area contributed by atoms with E-state index in [-0.39, 0.29) is 37.9 Å². The van der Waals surface area contributed by atoms with Crippen LogP contribution in [-0.4, -0.2) is 76.3 Å². The van der Waals surface area contributed by atoms with Gasteiger partial charge in [0.15, 0.2) is 6.29 Å². The van der Waals surface area contributed by atoms with Gasteiger partial charge in [-0.15, -0.1) is 0 Å². The second-order valence-electron chi connectivity index (χ2n) is 13.6. The van der Waals surface area contributed by atoms with Gasteiger partial charge < -0.3 is 34.6 Å². The van der Waals surface area contributed by atoms with Crippen LogP contribution in [0.25, 0.3) is 0 Å². The molecule has 9 nitrogen and oxygen atoms in total. The second kappa shape index (κ2) is 30.1. The molecule has 1 rings (SSSR count). The van der Waals surface area contributed by atoms with E-state index < -0.39 is 36.7 Å². The van der Waals surface area contributed by atoms with E-state index >= 15 is 0 Å². The van der Waals surface area contributed by atoms with Gasteiger partial charge in [-0.05, 0) is 32.1 Å². The number of hydrogen-bond donors (Lipinski definition) is 4. The Morgan fingerprint density at radius 1 is 0.729 bits per heavy atom. The molecule has 6 atom stereocenters. The number of ether oxygens (including phenoxy) is 3. The van der Waals surface area contributed by atoms with Gasteiger partial charge in [0.1, 0.15) is 19.3 Å². The number of hydrogen-bond acceptors (Lipinski definition) is 9. The highest BCUT2D eigenvalue weighted by atomic mass is 16.6. The molecule has 0 aromatic rings. The van der Waals surface area contributed by atoms with E-state index in [9.17, 15) is 30.0 Å². The van der Waals surface area contributed by atoms with Crippen LogP contribution >= 0.6 is 0 Å². The third-order valence-corrected chi connectivity index (χ3v) is 8.98. The Morgan fingerprint density at radius 3 is 1.83 bits per heavy atom. The molecule has 9 heteroatoms. The number of carbonyl (C=O) groups is 2. The predicted molar refractivity (Wildman–Crippen MR) is 190 cm³/mol. The Hall–Kier alpha value is -1.78. The molecule has 48 heavy (non-hydrogen) atoms. The van der Waals surface area contributed by atoms with E-state index in [0.717, 1.165) is 38.5 Å². The molecular weight excluding hydrogens is 612 g/mol. The normalized spacial score (nSPS) is 21.1. The van der Waals surface area contributed by atoms with E-state index in [1.165, 1.54) is 64.2 Å². The fourth-order valence-electron chi connectivity index (χ4n) is 5.95. The lowest BCUT2D eigenvalue weighted by atomic mass is 9.87. The van der Waals surface area contributed by atoms with Crippen molar-refractivity contribution < 1.29 is 44.2 Å². The molecule has 0 bridgehead atoms. The Balaban J connectivity index is 2.10. The van der Waals surface area contributed by atoms with Gasteiger partial charge in [0.05, 0.1) is 18.3 Å². The zero-order valence-electron chi connectivity index (χ0n) is 30.3. The first-order valence-corrected chi connectivity index (χ1v) is 19.3. The van der Waals surface area contributed by atoms with Crippen LogP contribution in [0.3, 0.4) is 0 Å². The molecule has 0 saturated carbocycles. The summed E-state index contributed by atoms with van der Waals surface area (Å²) in [6, 6.07) is 0. The van der Waals surface area contributed by atoms with Crippen molar-refractivity contribution in [1.29, 1.82) is 0 Å². The molecule has 1 saturated heterocycles. The van der Waals surface area contributed by atoms with Gasteiger partial charge in [-0.3, -0.25) is 9.59 Å². The number of carbonyl (C=O) groups excluding carboxylic acids is 2. The fraction of sp³-hybridized carbons (Fsp3) is 0.846. The first-order valence-electron chi connectivity index (χ1n) is 19.3. The molecule has 1 aliphatic rings. The van der Waals surface area contributed by atoms with E-state index in [1.54, 1.807) is 12.2 Å². The van der Waals surface area contributed by atoms with Gasteiger partial charge >= 0.3 is 11.9 Å². The lowest BCUT2D eigenvalue weighted by Gasteiger charge is -2.36. The summed E-state index contributed by atoms with van der Waals surface area (Å²) in [5.74, 6) is -1.01. The highest BCUT2D eigenvalue weighted by Crippen LogP contribution is 2.29. The average molecular weight is 683 g/mol. The van der Waals surface area contributed by atoms with Crippen LogP contribution < -0.4 is 0 Å². The highest BCUT2D eigenvalue weighted by molar-refractivity contribution is 5.69. The molecule has 0 radical (unpaired) electrons. The molecule has 4 N–H and O–H groups in total. The molecule has 0 spiro atoms. The number of esters is 2. The molecule has 0 aliphatic carbocycles. The zero-order valence-corrected chi connectivity index (χ0v) is 30.3. The standard InChI is InChI=1S/C39H70O9/c1-3-5-7-8-9-10-11-12-13-14-15-16-21-25-37(43)46-30-33(41)31-47-38(44)26-22-18-17-20-24-34-35(42)29-39(45)48-36(34)28-27-32(40)23-19-6-4-2/h17,20,27-28,32-36,39-42,45H,3-16,18-19,21-26,29-31H2,1-2H3/b20-17-,28-27+/t32-,33+,34-,35-,36+,39?/m0/s1. The molecule has 0 aromatic heterocycles. The van der Waals surface area contributed by atoms with Crippen molar-refractivity contribution in [3.8, 4) is 0 Å². The zero-order chi connectivity index (χ0) is 35.2. The quantitative estimate of drug-likeness (QED) is 0.0342. The third kappa shape index (κ3) is 24.4. The van der Waals surface area contributed by atoms with E-state index in [0.29, 0.717) is 32.1 Å².